The summed E-state index contributed by atoms with van der Waals surface area (Å²) in [4.78, 5) is 2.57. The van der Waals surface area contributed by atoms with Gasteiger partial charge in [0.1, 0.15) is 11.2 Å². The van der Waals surface area contributed by atoms with E-state index in [2.05, 4.69) is 221 Å². The lowest BCUT2D eigenvalue weighted by molar-refractivity contribution is 0.555. The monoisotopic (exact) mass is 821 g/mol. The quantitative estimate of drug-likeness (QED) is 0.153. The Balaban J connectivity index is 1.13. The number of fused-ring (bicyclic) bond motifs is 21. The number of para-hydroxylation sites is 2. The van der Waals surface area contributed by atoms with Gasteiger partial charge in [-0.3, -0.25) is 0 Å². The van der Waals surface area contributed by atoms with E-state index in [4.69, 9.17) is 4.42 Å². The summed E-state index contributed by atoms with van der Waals surface area (Å²) in [6.45, 7) is 9.34. The van der Waals surface area contributed by atoms with Crippen LogP contribution in [0.25, 0.3) is 44.2 Å². The Labute approximate surface area is 368 Å². The fraction of sp³-hybridized carbons (Fsp3) is 0.100. The van der Waals surface area contributed by atoms with Gasteiger partial charge in [-0.15, -0.1) is 0 Å². The average molecular weight is 822 g/mol. The van der Waals surface area contributed by atoms with Crippen molar-refractivity contribution in [1.82, 2.24) is 0 Å². The molecular formula is C60H43NOSi. The lowest BCUT2D eigenvalue weighted by Gasteiger charge is -2.52. The van der Waals surface area contributed by atoms with Crippen LogP contribution in [-0.4, -0.2) is 8.07 Å². The molecule has 4 aliphatic rings. The molecule has 298 valence electrons. The van der Waals surface area contributed by atoms with Crippen LogP contribution in [0.5, 0.6) is 0 Å². The van der Waals surface area contributed by atoms with Crippen LogP contribution in [0.1, 0.15) is 58.4 Å². The summed E-state index contributed by atoms with van der Waals surface area (Å²) in [6, 6.07) is 72.2. The Bertz CT molecular complexity index is 3540. The van der Waals surface area contributed by atoms with Crippen molar-refractivity contribution in [3.63, 3.8) is 0 Å². The van der Waals surface area contributed by atoms with Gasteiger partial charge in [0, 0.05) is 27.9 Å². The summed E-state index contributed by atoms with van der Waals surface area (Å²) in [5.74, 6) is 0. The number of rotatable bonds is 1. The molecule has 3 heteroatoms. The molecule has 0 bridgehead atoms. The normalized spacial score (nSPS) is 16.0. The van der Waals surface area contributed by atoms with Crippen molar-refractivity contribution >= 4 is 67.8 Å². The van der Waals surface area contributed by atoms with Gasteiger partial charge >= 0.3 is 0 Å². The number of hydrogen-bond donors (Lipinski definition) is 0. The zero-order valence-electron chi connectivity index (χ0n) is 35.8. The zero-order valence-corrected chi connectivity index (χ0v) is 36.8. The number of furan rings is 1. The minimum Gasteiger partial charge on any atom is -0.456 e. The highest BCUT2D eigenvalue weighted by Gasteiger charge is 2.56. The lowest BCUT2D eigenvalue weighted by atomic mass is 9.52. The van der Waals surface area contributed by atoms with Gasteiger partial charge in [-0.25, -0.2) is 0 Å². The maximum absolute atomic E-state index is 6.83. The number of nitrogens with zero attached hydrogens (tertiary/aromatic N) is 1. The van der Waals surface area contributed by atoms with E-state index in [1.54, 1.807) is 0 Å². The summed E-state index contributed by atoms with van der Waals surface area (Å²) < 4.78 is 6.83. The Morgan fingerprint density at radius 1 is 0.397 bits per heavy atom. The zero-order chi connectivity index (χ0) is 42.0. The Morgan fingerprint density at radius 3 is 1.60 bits per heavy atom. The predicted octanol–water partition coefficient (Wildman–Crippen LogP) is 12.3. The SMILES string of the molecule is Cc1ccc2c(c1)C1(c3ccccc3N(c3ccc4c(c3)[Si]3(c5ccccc5-c5ccccc53)c3ccccc3-4)c3cc4oc5ccccc5c4cc31)c1cc(C)ccc1C2(C)C. The lowest BCUT2D eigenvalue weighted by Crippen LogP contribution is -2.70. The molecular weight excluding hydrogens is 779 g/mol. The molecule has 0 fully saturated rings. The molecule has 2 spiro atoms. The van der Waals surface area contributed by atoms with Crippen LogP contribution in [-0.2, 0) is 10.8 Å². The Morgan fingerprint density at radius 2 is 0.952 bits per heavy atom. The van der Waals surface area contributed by atoms with E-state index < -0.39 is 13.5 Å². The van der Waals surface area contributed by atoms with E-state index in [0.29, 0.717) is 0 Å². The summed E-state index contributed by atoms with van der Waals surface area (Å²) in [5.41, 5.74) is 20.5. The van der Waals surface area contributed by atoms with Gasteiger partial charge in [0.25, 0.3) is 0 Å². The second-order valence-corrected chi connectivity index (χ2v) is 22.6. The highest BCUT2D eigenvalue weighted by Crippen LogP contribution is 2.64. The predicted molar refractivity (Wildman–Crippen MR) is 263 cm³/mol. The summed E-state index contributed by atoms with van der Waals surface area (Å²) in [6.07, 6.45) is 0. The molecule has 14 rings (SSSR count). The van der Waals surface area contributed by atoms with Crippen LogP contribution in [0.3, 0.4) is 0 Å². The van der Waals surface area contributed by atoms with Crippen molar-refractivity contribution in [3.8, 4) is 22.3 Å². The van der Waals surface area contributed by atoms with Crippen molar-refractivity contribution in [2.24, 2.45) is 0 Å². The fourth-order valence-corrected chi connectivity index (χ4v) is 18.5. The highest BCUT2D eigenvalue weighted by atomic mass is 28.3. The van der Waals surface area contributed by atoms with Crippen LogP contribution in [0, 0.1) is 13.8 Å². The first kappa shape index (κ1) is 35.4. The molecule has 0 radical (unpaired) electrons. The number of anilines is 3. The van der Waals surface area contributed by atoms with Gasteiger partial charge in [-0.2, -0.15) is 0 Å². The second-order valence-electron chi connectivity index (χ2n) is 18.9. The van der Waals surface area contributed by atoms with Gasteiger partial charge < -0.3 is 9.32 Å². The van der Waals surface area contributed by atoms with Crippen LogP contribution >= 0.6 is 0 Å². The van der Waals surface area contributed by atoms with E-state index in [-0.39, 0.29) is 5.41 Å². The van der Waals surface area contributed by atoms with E-state index in [0.717, 1.165) is 27.6 Å². The molecule has 0 N–H and O–H groups in total. The van der Waals surface area contributed by atoms with Crippen LogP contribution in [0.4, 0.5) is 17.1 Å². The molecule has 3 aliphatic heterocycles. The molecule has 0 unspecified atom stereocenters. The maximum Gasteiger partial charge on any atom is 0.182 e. The standard InChI is InChI=1S/C60H43NOSi/c1-36-25-29-45-48(31-36)60(49-32-37(2)26-30-46(49)59(45,3)4)47-19-9-10-20-51(47)61(52-35-54-44(34-50(52)60)39-15-5-11-21-53(39)62-54)38-27-28-43-42-18-8-14-24-57(42)63(58(43)33-38)55-22-12-6-16-40(55)41-17-7-13-23-56(41)63/h5-35H,1-4H3. The van der Waals surface area contributed by atoms with E-state index >= 15 is 0 Å². The van der Waals surface area contributed by atoms with Gasteiger partial charge in [0.15, 0.2) is 8.07 Å². The van der Waals surface area contributed by atoms with Gasteiger partial charge in [-0.05, 0) is 121 Å². The van der Waals surface area contributed by atoms with Crippen molar-refractivity contribution in [2.45, 2.75) is 38.5 Å². The van der Waals surface area contributed by atoms with Gasteiger partial charge in [0.2, 0.25) is 0 Å². The smallest absolute Gasteiger partial charge is 0.182 e. The number of hydrogen-bond acceptors (Lipinski definition) is 2. The second kappa shape index (κ2) is 12.0. The van der Waals surface area contributed by atoms with Gasteiger partial charge in [0.05, 0.1) is 16.8 Å². The minimum absolute atomic E-state index is 0.211. The third-order valence-corrected chi connectivity index (χ3v) is 20.4. The fourth-order valence-electron chi connectivity index (χ4n) is 12.9. The topological polar surface area (TPSA) is 16.4 Å². The van der Waals surface area contributed by atoms with Crippen LogP contribution in [0.2, 0.25) is 0 Å². The molecule has 2 nitrogen and oxygen atoms in total. The van der Waals surface area contributed by atoms with Crippen LogP contribution < -0.4 is 25.6 Å². The molecule has 0 atom stereocenters. The Hall–Kier alpha value is -7.20. The van der Waals surface area contributed by atoms with E-state index in [9.17, 15) is 0 Å². The molecule has 0 amide bonds. The van der Waals surface area contributed by atoms with Crippen molar-refractivity contribution in [1.29, 1.82) is 0 Å². The maximum atomic E-state index is 6.83. The van der Waals surface area contributed by atoms with Crippen molar-refractivity contribution in [2.75, 3.05) is 4.90 Å². The highest BCUT2D eigenvalue weighted by molar-refractivity contribution is 7.24. The van der Waals surface area contributed by atoms with E-state index in [1.807, 2.05) is 0 Å². The number of benzene rings is 9. The van der Waals surface area contributed by atoms with Crippen molar-refractivity contribution < 1.29 is 4.42 Å². The first-order valence-corrected chi connectivity index (χ1v) is 24.3. The number of aryl methyl sites for hydroxylation is 2. The summed E-state index contributed by atoms with van der Waals surface area (Å²) >= 11 is 0. The molecule has 63 heavy (non-hydrogen) atoms. The molecule has 1 aliphatic carbocycles. The minimum atomic E-state index is -2.70. The summed E-state index contributed by atoms with van der Waals surface area (Å²) in [7, 11) is -2.70. The Kier molecular flexibility index (Phi) is 6.76. The van der Waals surface area contributed by atoms with E-state index in [1.165, 1.54) is 98.9 Å². The van der Waals surface area contributed by atoms with Gasteiger partial charge in [-0.1, -0.05) is 177 Å². The molecule has 0 saturated carbocycles. The molecule has 9 aromatic carbocycles. The molecule has 1 aromatic heterocycles. The third-order valence-electron chi connectivity index (χ3n) is 15.4. The first-order valence-electron chi connectivity index (χ1n) is 22.3. The molecule has 0 saturated heterocycles. The largest absolute Gasteiger partial charge is 0.456 e. The molecule has 4 heterocycles. The third kappa shape index (κ3) is 4.20. The molecule has 10 aromatic rings. The first-order chi connectivity index (χ1) is 30.8. The van der Waals surface area contributed by atoms with Crippen LogP contribution in [0.15, 0.2) is 192 Å². The summed E-state index contributed by atoms with van der Waals surface area (Å²) in [5, 5.41) is 8.21. The van der Waals surface area contributed by atoms with Crippen molar-refractivity contribution in [3.05, 3.63) is 233 Å². The average Bonchev–Trinajstić information content (AvgIpc) is 3.93.